The summed E-state index contributed by atoms with van der Waals surface area (Å²) in [7, 11) is 1.84. The largest absolute Gasteiger partial charge is 0.492 e. The monoisotopic (exact) mass is 574 g/mol. The maximum Gasteiger partial charge on any atom is 0.339 e. The fourth-order valence-corrected chi connectivity index (χ4v) is 6.32. The minimum Gasteiger partial charge on any atom is -0.492 e. The van der Waals surface area contributed by atoms with Crippen molar-refractivity contribution in [1.82, 2.24) is 29.7 Å². The van der Waals surface area contributed by atoms with Gasteiger partial charge in [-0.2, -0.15) is 5.10 Å². The van der Waals surface area contributed by atoms with Gasteiger partial charge in [0.15, 0.2) is 0 Å². The molecular formula is C34H34N6O3. The number of carboxylic acids is 1. The number of fused-ring (bicyclic) bond motifs is 1. The van der Waals surface area contributed by atoms with Crippen LogP contribution in [0.25, 0.3) is 16.8 Å². The highest BCUT2D eigenvalue weighted by atomic mass is 16.5. The number of rotatable bonds is 8. The van der Waals surface area contributed by atoms with E-state index in [1.165, 1.54) is 17.3 Å². The van der Waals surface area contributed by atoms with Crippen LogP contribution in [0.5, 0.6) is 5.75 Å². The first kappa shape index (κ1) is 27.1. The van der Waals surface area contributed by atoms with Crippen molar-refractivity contribution in [2.24, 2.45) is 7.05 Å². The molecule has 3 heterocycles. The Morgan fingerprint density at radius 1 is 1.02 bits per heavy atom. The first-order valence-electron chi connectivity index (χ1n) is 14.8. The lowest BCUT2D eigenvalue weighted by atomic mass is 10.0. The van der Waals surface area contributed by atoms with Crippen molar-refractivity contribution >= 4 is 5.97 Å². The molecule has 9 nitrogen and oxygen atoms in total. The maximum atomic E-state index is 12.2. The summed E-state index contributed by atoms with van der Waals surface area (Å²) in [6, 6.07) is 25.5. The Kier molecular flexibility index (Phi) is 7.02. The van der Waals surface area contributed by atoms with Gasteiger partial charge in [-0.15, -0.1) is 5.10 Å². The summed E-state index contributed by atoms with van der Waals surface area (Å²) < 4.78 is 9.62. The first-order chi connectivity index (χ1) is 21.0. The molecule has 5 aromatic rings. The van der Waals surface area contributed by atoms with Crippen LogP contribution < -0.4 is 4.74 Å². The lowest BCUT2D eigenvalue weighted by Gasteiger charge is -2.28. The summed E-state index contributed by atoms with van der Waals surface area (Å²) in [5.41, 5.74) is 7.27. The Hall–Kier alpha value is -4.76. The lowest BCUT2D eigenvalue weighted by molar-refractivity contribution is 0.0695. The van der Waals surface area contributed by atoms with Crippen molar-refractivity contribution in [3.05, 3.63) is 113 Å². The van der Waals surface area contributed by atoms with Crippen LogP contribution in [0.15, 0.2) is 85.2 Å². The SMILES string of the molecule is CCC1COc2ccccc2CN1Cc1cccc(-c2cccc(-n3ncc(C(=O)O)c3[C@@H]3C[C@H]3c3cn(C)nn3)c2)c1. The summed E-state index contributed by atoms with van der Waals surface area (Å²) in [4.78, 5) is 14.7. The Morgan fingerprint density at radius 2 is 1.84 bits per heavy atom. The Balaban J connectivity index is 1.17. The van der Waals surface area contributed by atoms with Gasteiger partial charge in [-0.1, -0.05) is 60.7 Å². The predicted octanol–water partition coefficient (Wildman–Crippen LogP) is 5.81. The van der Waals surface area contributed by atoms with Gasteiger partial charge >= 0.3 is 5.97 Å². The van der Waals surface area contributed by atoms with Gasteiger partial charge in [-0.3, -0.25) is 9.58 Å². The minimum atomic E-state index is -0.971. The van der Waals surface area contributed by atoms with Gasteiger partial charge in [0.2, 0.25) is 0 Å². The number of carbonyl (C=O) groups is 1. The second-order valence-electron chi connectivity index (χ2n) is 11.6. The van der Waals surface area contributed by atoms with Crippen LogP contribution >= 0.6 is 0 Å². The molecule has 2 aliphatic rings. The smallest absolute Gasteiger partial charge is 0.339 e. The number of hydrogen-bond acceptors (Lipinski definition) is 6. The highest BCUT2D eigenvalue weighted by molar-refractivity contribution is 5.89. The molecule has 1 N–H and O–H groups in total. The average Bonchev–Trinajstić information content (AvgIpc) is 3.54. The average molecular weight is 575 g/mol. The molecule has 1 fully saturated rings. The van der Waals surface area contributed by atoms with E-state index in [0.29, 0.717) is 18.3 Å². The van der Waals surface area contributed by atoms with E-state index < -0.39 is 5.97 Å². The standard InChI is InChI=1S/C34H34N6O3/c1-3-26-21-43-32-13-5-4-9-25(32)19-39(26)18-22-8-6-10-23(14-22)24-11-7-12-27(15-24)40-33(30(17-35-40)34(41)42)29-16-28(29)31-20-38(2)37-36-31/h4-15,17,20,26,28-29H,3,16,18-19,21H2,1-2H3,(H,41,42)/t26?,28-,29-/m1/s1. The molecular weight excluding hydrogens is 540 g/mol. The van der Waals surface area contributed by atoms with Gasteiger partial charge in [-0.25, -0.2) is 9.48 Å². The van der Waals surface area contributed by atoms with Crippen molar-refractivity contribution in [2.45, 2.75) is 50.7 Å². The number of ether oxygens (including phenoxy) is 1. The molecule has 0 saturated heterocycles. The van der Waals surface area contributed by atoms with Crippen molar-refractivity contribution in [1.29, 1.82) is 0 Å². The molecule has 9 heteroatoms. The van der Waals surface area contributed by atoms with Crippen LogP contribution in [0.1, 0.15) is 64.5 Å². The van der Waals surface area contributed by atoms with Crippen LogP contribution in [0.3, 0.4) is 0 Å². The second kappa shape index (κ2) is 11.1. The van der Waals surface area contributed by atoms with Crippen molar-refractivity contribution in [3.8, 4) is 22.6 Å². The maximum absolute atomic E-state index is 12.2. The minimum absolute atomic E-state index is 0.0199. The molecule has 1 unspecified atom stereocenters. The summed E-state index contributed by atoms with van der Waals surface area (Å²) in [5.74, 6) is 0.158. The van der Waals surface area contributed by atoms with E-state index in [4.69, 9.17) is 4.74 Å². The van der Waals surface area contributed by atoms with E-state index in [-0.39, 0.29) is 17.4 Å². The fourth-order valence-electron chi connectivity index (χ4n) is 6.32. The summed E-state index contributed by atoms with van der Waals surface area (Å²) in [6.07, 6.45) is 5.19. The molecule has 0 spiro atoms. The molecule has 3 aromatic carbocycles. The Morgan fingerprint density at radius 3 is 2.63 bits per heavy atom. The molecule has 218 valence electrons. The number of hydrogen-bond donors (Lipinski definition) is 1. The zero-order valence-electron chi connectivity index (χ0n) is 24.3. The van der Waals surface area contributed by atoms with Crippen LogP contribution in [0.4, 0.5) is 0 Å². The zero-order valence-corrected chi connectivity index (χ0v) is 24.3. The first-order valence-corrected chi connectivity index (χ1v) is 14.8. The van der Waals surface area contributed by atoms with Crippen molar-refractivity contribution < 1.29 is 14.6 Å². The van der Waals surface area contributed by atoms with E-state index in [1.807, 2.05) is 31.4 Å². The second-order valence-corrected chi connectivity index (χ2v) is 11.6. The predicted molar refractivity (Wildman–Crippen MR) is 162 cm³/mol. The lowest BCUT2D eigenvalue weighted by Crippen LogP contribution is -2.36. The van der Waals surface area contributed by atoms with E-state index in [2.05, 4.69) is 81.8 Å². The van der Waals surface area contributed by atoms with Gasteiger partial charge in [0, 0.05) is 49.8 Å². The molecule has 1 aliphatic carbocycles. The number of aryl methyl sites for hydroxylation is 1. The highest BCUT2D eigenvalue weighted by Gasteiger charge is 2.46. The molecule has 3 atom stereocenters. The fraction of sp³-hybridized carbons (Fsp3) is 0.294. The molecule has 7 rings (SSSR count). The quantitative estimate of drug-likeness (QED) is 0.250. The van der Waals surface area contributed by atoms with Gasteiger partial charge in [0.1, 0.15) is 17.9 Å². The molecule has 1 saturated carbocycles. The molecule has 0 bridgehead atoms. The van der Waals surface area contributed by atoms with Crippen LogP contribution in [-0.4, -0.2) is 53.4 Å². The number of aromatic carboxylic acids is 1. The number of nitrogens with zero attached hydrogens (tertiary/aromatic N) is 6. The molecule has 43 heavy (non-hydrogen) atoms. The van der Waals surface area contributed by atoms with Crippen molar-refractivity contribution in [3.63, 3.8) is 0 Å². The van der Waals surface area contributed by atoms with Crippen LogP contribution in [0, 0.1) is 0 Å². The summed E-state index contributed by atoms with van der Waals surface area (Å²) in [6.45, 7) is 4.56. The van der Waals surface area contributed by atoms with E-state index in [1.54, 1.807) is 9.36 Å². The number of benzene rings is 3. The number of para-hydroxylation sites is 1. The normalized spacial score (nSPS) is 19.8. The third-order valence-electron chi connectivity index (χ3n) is 8.68. The van der Waals surface area contributed by atoms with Crippen LogP contribution in [-0.2, 0) is 20.1 Å². The number of carboxylic acid groups (broad SMARTS) is 1. The summed E-state index contributed by atoms with van der Waals surface area (Å²) in [5, 5.41) is 22.9. The molecule has 0 amide bonds. The van der Waals surface area contributed by atoms with E-state index >= 15 is 0 Å². The van der Waals surface area contributed by atoms with Crippen LogP contribution in [0.2, 0.25) is 0 Å². The van der Waals surface area contributed by atoms with Gasteiger partial charge in [-0.05, 0) is 53.8 Å². The topological polar surface area (TPSA) is 98.3 Å². The third-order valence-corrected chi connectivity index (χ3v) is 8.68. The summed E-state index contributed by atoms with van der Waals surface area (Å²) >= 11 is 0. The molecule has 2 aromatic heterocycles. The van der Waals surface area contributed by atoms with Gasteiger partial charge in [0.05, 0.1) is 23.3 Å². The highest BCUT2D eigenvalue weighted by Crippen LogP contribution is 2.55. The third kappa shape index (κ3) is 5.32. The van der Waals surface area contributed by atoms with E-state index in [0.717, 1.165) is 54.2 Å². The van der Waals surface area contributed by atoms with Gasteiger partial charge < -0.3 is 9.84 Å². The Bertz CT molecular complexity index is 1790. The number of aromatic nitrogens is 5. The zero-order chi connectivity index (χ0) is 29.5. The van der Waals surface area contributed by atoms with Gasteiger partial charge in [0.25, 0.3) is 0 Å². The van der Waals surface area contributed by atoms with Crippen molar-refractivity contribution in [2.75, 3.05) is 6.61 Å². The molecule has 1 aliphatic heterocycles. The van der Waals surface area contributed by atoms with E-state index in [9.17, 15) is 9.90 Å². The Labute approximate surface area is 250 Å². The molecule has 0 radical (unpaired) electrons.